The van der Waals surface area contributed by atoms with Gasteiger partial charge in [0.25, 0.3) is 0 Å². The summed E-state index contributed by atoms with van der Waals surface area (Å²) in [6.07, 6.45) is 11.7. The molecule has 0 saturated carbocycles. The maximum atomic E-state index is 11.5. The standard InChI is InChI=1S/C11H9N2O2S.3C4H9.Sn/c12-16(14,15)11-5-3-9(4-6-11)10-2-1-7-13-8-10;3*1-3-4-2;/h2-8H,(H2,12,14,15);3*1,3-4H2,2H3;. The zero-order chi connectivity index (χ0) is 21.3. The van der Waals surface area contributed by atoms with E-state index in [1.54, 1.807) is 12.1 Å². The Balaban J connectivity index is 2.44. The quantitative estimate of drug-likeness (QED) is 0.376. The third-order valence-electron chi connectivity index (χ3n) is 5.89. The molecule has 0 bridgehead atoms. The molecule has 0 fully saturated rings. The summed E-state index contributed by atoms with van der Waals surface area (Å²) in [5, 5.41) is 5.23. The normalized spacial score (nSPS) is 12.3. The van der Waals surface area contributed by atoms with Crippen molar-refractivity contribution >= 4 is 32.0 Å². The van der Waals surface area contributed by atoms with Crippen molar-refractivity contribution in [1.29, 1.82) is 0 Å². The van der Waals surface area contributed by atoms with Gasteiger partial charge in [-0.3, -0.25) is 0 Å². The Bertz CT molecular complexity index is 845. The summed E-state index contributed by atoms with van der Waals surface area (Å²) in [5.74, 6) is 0. The van der Waals surface area contributed by atoms with E-state index in [9.17, 15) is 8.42 Å². The first-order valence-electron chi connectivity index (χ1n) is 10.9. The van der Waals surface area contributed by atoms with Gasteiger partial charge in [-0.05, 0) is 0 Å². The summed E-state index contributed by atoms with van der Waals surface area (Å²) in [6.45, 7) is 6.87. The second kappa shape index (κ2) is 11.5. The summed E-state index contributed by atoms with van der Waals surface area (Å²) in [5.41, 5.74) is 2.07. The Kier molecular flexibility index (Phi) is 9.63. The fourth-order valence-electron chi connectivity index (χ4n) is 4.08. The van der Waals surface area contributed by atoms with E-state index in [2.05, 4.69) is 38.0 Å². The molecule has 2 N–H and O–H groups in total. The average molecular weight is 523 g/mol. The zero-order valence-corrected chi connectivity index (χ0v) is 21.8. The number of pyridine rings is 1. The molecule has 29 heavy (non-hydrogen) atoms. The number of unbranched alkanes of at least 4 members (excludes halogenated alkanes) is 3. The summed E-state index contributed by atoms with van der Waals surface area (Å²) >= 11 is -2.53. The SMILES string of the molecule is CCC[CH2][Sn]([CH2]CCC)([CH2]CCC)[c]1cncc(-c2ccc(S(N)(=O)=O)cc2)c1. The van der Waals surface area contributed by atoms with Crippen molar-refractivity contribution in [3.63, 3.8) is 0 Å². The summed E-state index contributed by atoms with van der Waals surface area (Å²) in [4.78, 5) is 4.78. The second-order valence-electron chi connectivity index (χ2n) is 8.12. The van der Waals surface area contributed by atoms with Crippen molar-refractivity contribution in [3.8, 4) is 11.1 Å². The van der Waals surface area contributed by atoms with Crippen LogP contribution in [0.15, 0.2) is 47.6 Å². The van der Waals surface area contributed by atoms with E-state index in [4.69, 9.17) is 5.14 Å². The molecule has 0 radical (unpaired) electrons. The molecule has 0 atom stereocenters. The van der Waals surface area contributed by atoms with Gasteiger partial charge in [0.05, 0.1) is 0 Å². The number of benzene rings is 1. The van der Waals surface area contributed by atoms with E-state index in [0.717, 1.165) is 11.1 Å². The van der Waals surface area contributed by atoms with Gasteiger partial charge >= 0.3 is 182 Å². The molecule has 0 aliphatic heterocycles. The number of aromatic nitrogens is 1. The predicted octanol–water partition coefficient (Wildman–Crippen LogP) is 5.45. The van der Waals surface area contributed by atoms with E-state index < -0.39 is 28.4 Å². The average Bonchev–Trinajstić information content (AvgIpc) is 2.73. The fourth-order valence-corrected chi connectivity index (χ4v) is 20.3. The maximum absolute atomic E-state index is 11.5. The third kappa shape index (κ3) is 6.79. The number of nitrogens with two attached hydrogens (primary N) is 1. The molecule has 0 aliphatic rings. The Hall–Kier alpha value is -0.921. The zero-order valence-electron chi connectivity index (χ0n) is 18.2. The first kappa shape index (κ1) is 24.3. The van der Waals surface area contributed by atoms with Gasteiger partial charge in [0.2, 0.25) is 0 Å². The van der Waals surface area contributed by atoms with Crippen LogP contribution in [-0.2, 0) is 10.0 Å². The van der Waals surface area contributed by atoms with E-state index in [0.29, 0.717) is 0 Å². The molecule has 160 valence electrons. The molecule has 0 saturated heterocycles. The number of hydrogen-bond acceptors (Lipinski definition) is 3. The molecule has 1 aromatic heterocycles. The number of nitrogens with zero attached hydrogens (tertiary/aromatic N) is 1. The van der Waals surface area contributed by atoms with Gasteiger partial charge in [-0.2, -0.15) is 0 Å². The van der Waals surface area contributed by atoms with E-state index in [-0.39, 0.29) is 4.90 Å². The summed E-state index contributed by atoms with van der Waals surface area (Å²) in [7, 11) is -3.67. The Morgan fingerprint density at radius 2 is 1.34 bits per heavy atom. The summed E-state index contributed by atoms with van der Waals surface area (Å²) in [6, 6.07) is 9.19. The van der Waals surface area contributed by atoms with Crippen molar-refractivity contribution in [2.24, 2.45) is 5.14 Å². The first-order valence-corrected chi connectivity index (χ1v) is 20.0. The third-order valence-corrected chi connectivity index (χ3v) is 22.3. The molecule has 4 nitrogen and oxygen atoms in total. The topological polar surface area (TPSA) is 73.0 Å². The van der Waals surface area contributed by atoms with Crippen LogP contribution in [0, 0.1) is 0 Å². The Morgan fingerprint density at radius 1 is 0.828 bits per heavy atom. The minimum atomic E-state index is -3.67. The van der Waals surface area contributed by atoms with Gasteiger partial charge in [-0.1, -0.05) is 0 Å². The van der Waals surface area contributed by atoms with Crippen molar-refractivity contribution in [3.05, 3.63) is 42.7 Å². The second-order valence-corrected chi connectivity index (χ2v) is 22.9. The van der Waals surface area contributed by atoms with Crippen LogP contribution in [0.25, 0.3) is 11.1 Å². The number of sulfonamides is 1. The van der Waals surface area contributed by atoms with Crippen molar-refractivity contribution in [2.75, 3.05) is 0 Å². The minimum absolute atomic E-state index is 0.146. The fraction of sp³-hybridized carbons (Fsp3) is 0.522. The molecule has 0 amide bonds. The molecule has 2 aromatic rings. The van der Waals surface area contributed by atoms with Crippen LogP contribution in [0.4, 0.5) is 0 Å². The molecule has 1 aromatic carbocycles. The van der Waals surface area contributed by atoms with Gasteiger partial charge in [0, 0.05) is 0 Å². The molecule has 1 heterocycles. The van der Waals surface area contributed by atoms with Gasteiger partial charge in [0.15, 0.2) is 0 Å². The van der Waals surface area contributed by atoms with Crippen LogP contribution in [0.5, 0.6) is 0 Å². The molecular weight excluding hydrogens is 487 g/mol. The monoisotopic (exact) mass is 524 g/mol. The number of hydrogen-bond donors (Lipinski definition) is 1. The van der Waals surface area contributed by atoms with Crippen LogP contribution < -0.4 is 8.72 Å². The van der Waals surface area contributed by atoms with E-state index >= 15 is 0 Å². The van der Waals surface area contributed by atoms with Crippen LogP contribution in [0.3, 0.4) is 0 Å². The van der Waals surface area contributed by atoms with Crippen molar-refractivity contribution in [2.45, 2.75) is 77.5 Å². The van der Waals surface area contributed by atoms with Gasteiger partial charge < -0.3 is 0 Å². The molecular formula is C23H36N2O2SSn. The van der Waals surface area contributed by atoms with Gasteiger partial charge in [0.1, 0.15) is 0 Å². The van der Waals surface area contributed by atoms with E-state index in [1.165, 1.54) is 55.4 Å². The Labute approximate surface area is 181 Å². The van der Waals surface area contributed by atoms with Gasteiger partial charge in [-0.15, -0.1) is 0 Å². The van der Waals surface area contributed by atoms with Crippen LogP contribution in [0.2, 0.25) is 13.3 Å². The molecule has 6 heteroatoms. The first-order chi connectivity index (χ1) is 13.9. The molecule has 0 unspecified atom stereocenters. The number of rotatable bonds is 12. The van der Waals surface area contributed by atoms with Crippen LogP contribution in [0.1, 0.15) is 59.3 Å². The van der Waals surface area contributed by atoms with Crippen LogP contribution >= 0.6 is 0 Å². The molecule has 0 spiro atoms. The summed E-state index contributed by atoms with van der Waals surface area (Å²) < 4.78 is 28.8. The van der Waals surface area contributed by atoms with Crippen LogP contribution in [-0.4, -0.2) is 31.8 Å². The van der Waals surface area contributed by atoms with E-state index in [1.807, 2.05) is 18.3 Å². The van der Waals surface area contributed by atoms with Crippen molar-refractivity contribution in [1.82, 2.24) is 4.98 Å². The Morgan fingerprint density at radius 3 is 1.79 bits per heavy atom. The van der Waals surface area contributed by atoms with Crippen molar-refractivity contribution < 1.29 is 8.42 Å². The van der Waals surface area contributed by atoms with Gasteiger partial charge in [-0.25, -0.2) is 0 Å². The molecule has 0 aliphatic carbocycles. The molecule has 2 rings (SSSR count). The predicted molar refractivity (Wildman–Crippen MR) is 126 cm³/mol. The number of primary sulfonamides is 1.